The highest BCUT2D eigenvalue weighted by Crippen LogP contribution is 2.26. The van der Waals surface area contributed by atoms with E-state index in [9.17, 15) is 9.90 Å². The first kappa shape index (κ1) is 29.8. The Morgan fingerprint density at radius 2 is 1.69 bits per heavy atom. The van der Waals surface area contributed by atoms with Crippen LogP contribution in [0.2, 0.25) is 0 Å². The number of benzene rings is 1. The molecule has 1 aromatic rings. The number of carbonyl (C=O) groups is 1. The molecule has 0 radical (unpaired) electrons. The third-order valence-electron chi connectivity index (χ3n) is 7.11. The summed E-state index contributed by atoms with van der Waals surface area (Å²) in [6, 6.07) is 10.2. The number of carboxylic acid groups (broad SMARTS) is 1. The molecule has 5 nitrogen and oxygen atoms in total. The molecular weight excluding hydrogens is 440 g/mol. The van der Waals surface area contributed by atoms with Crippen molar-refractivity contribution in [3.05, 3.63) is 35.9 Å². The summed E-state index contributed by atoms with van der Waals surface area (Å²) in [5.41, 5.74) is 1.13. The van der Waals surface area contributed by atoms with E-state index in [0.717, 1.165) is 37.7 Å². The molecule has 1 aliphatic heterocycles. The van der Waals surface area contributed by atoms with Gasteiger partial charge in [-0.05, 0) is 37.7 Å². The molecule has 0 amide bonds. The average Bonchev–Trinajstić information content (AvgIpc) is 2.87. The summed E-state index contributed by atoms with van der Waals surface area (Å²) in [5, 5.41) is 11.9. The van der Waals surface area contributed by atoms with Gasteiger partial charge in [-0.1, -0.05) is 102 Å². The number of unbranched alkanes of at least 4 members (excludes halogenated alkanes) is 8. The highest BCUT2D eigenvalue weighted by Gasteiger charge is 2.29. The van der Waals surface area contributed by atoms with Crippen LogP contribution < -0.4 is 5.11 Å². The van der Waals surface area contributed by atoms with Crippen LogP contribution >= 0.6 is 0 Å². The second-order valence-electron chi connectivity index (χ2n) is 10.1. The molecule has 5 heteroatoms. The van der Waals surface area contributed by atoms with Crippen molar-refractivity contribution in [1.82, 2.24) is 0 Å². The van der Waals surface area contributed by atoms with E-state index in [-0.39, 0.29) is 12.4 Å². The summed E-state index contributed by atoms with van der Waals surface area (Å²) in [6.07, 6.45) is 15.5. The van der Waals surface area contributed by atoms with Crippen molar-refractivity contribution in [3.8, 4) is 0 Å². The van der Waals surface area contributed by atoms with E-state index >= 15 is 0 Å². The maximum absolute atomic E-state index is 11.9. The average molecular weight is 490 g/mol. The topological polar surface area (TPSA) is 67.8 Å². The molecule has 35 heavy (non-hydrogen) atoms. The van der Waals surface area contributed by atoms with Crippen molar-refractivity contribution in [2.75, 3.05) is 6.61 Å². The Morgan fingerprint density at radius 1 is 1.00 bits per heavy atom. The van der Waals surface area contributed by atoms with Gasteiger partial charge in [0.05, 0.1) is 18.8 Å². The zero-order chi connectivity index (χ0) is 25.1. The first-order valence-corrected chi connectivity index (χ1v) is 14.3. The molecule has 0 bridgehead atoms. The highest BCUT2D eigenvalue weighted by atomic mass is 16.7. The molecule has 1 saturated heterocycles. The van der Waals surface area contributed by atoms with Crippen LogP contribution in [0, 0.1) is 5.92 Å². The lowest BCUT2D eigenvalue weighted by atomic mass is 9.92. The van der Waals surface area contributed by atoms with Gasteiger partial charge >= 0.3 is 0 Å². The molecular formula is C30H49O5-. The van der Waals surface area contributed by atoms with Crippen molar-refractivity contribution in [2.24, 2.45) is 5.92 Å². The number of rotatable bonds is 20. The predicted molar refractivity (Wildman–Crippen MR) is 139 cm³/mol. The molecule has 200 valence electrons. The summed E-state index contributed by atoms with van der Waals surface area (Å²) in [6.45, 7) is 5.34. The van der Waals surface area contributed by atoms with Crippen molar-refractivity contribution in [3.63, 3.8) is 0 Å². The van der Waals surface area contributed by atoms with E-state index in [1.165, 1.54) is 51.4 Å². The fourth-order valence-corrected chi connectivity index (χ4v) is 4.91. The maximum atomic E-state index is 11.9. The molecule has 4 atom stereocenters. The zero-order valence-electron chi connectivity index (χ0n) is 22.3. The van der Waals surface area contributed by atoms with E-state index in [1.807, 2.05) is 25.1 Å². The summed E-state index contributed by atoms with van der Waals surface area (Å²) in [7, 11) is 0. The first-order valence-electron chi connectivity index (χ1n) is 14.3. The Kier molecular flexibility index (Phi) is 16.0. The Balaban J connectivity index is 1.92. The predicted octanol–water partition coefficient (Wildman–Crippen LogP) is 6.57. The number of hydrogen-bond donors (Lipinski definition) is 0. The third kappa shape index (κ3) is 12.9. The fourth-order valence-electron chi connectivity index (χ4n) is 4.91. The van der Waals surface area contributed by atoms with E-state index < -0.39 is 18.0 Å². The summed E-state index contributed by atoms with van der Waals surface area (Å²) in [5.74, 6) is -1.70. The number of carboxylic acids is 1. The minimum atomic E-state index is -1.04. The molecule has 2 rings (SSSR count). The van der Waals surface area contributed by atoms with Crippen molar-refractivity contribution in [1.29, 1.82) is 0 Å². The van der Waals surface area contributed by atoms with Crippen LogP contribution in [-0.4, -0.2) is 31.1 Å². The molecule has 1 aromatic carbocycles. The van der Waals surface area contributed by atoms with Gasteiger partial charge in [0.15, 0.2) is 6.29 Å². The second-order valence-corrected chi connectivity index (χ2v) is 10.1. The van der Waals surface area contributed by atoms with Gasteiger partial charge in [-0.15, -0.1) is 0 Å². The monoisotopic (exact) mass is 489 g/mol. The lowest BCUT2D eigenvalue weighted by Gasteiger charge is -2.34. The Hall–Kier alpha value is -1.43. The molecule has 1 unspecified atom stereocenters. The maximum Gasteiger partial charge on any atom is 0.157 e. The van der Waals surface area contributed by atoms with Crippen molar-refractivity contribution in [2.45, 2.75) is 135 Å². The fraction of sp³-hybridized carbons (Fsp3) is 0.767. The van der Waals surface area contributed by atoms with Gasteiger partial charge < -0.3 is 24.1 Å². The van der Waals surface area contributed by atoms with Crippen LogP contribution in [0.15, 0.2) is 30.3 Å². The number of aliphatic carboxylic acids is 1. The summed E-state index contributed by atoms with van der Waals surface area (Å²) in [4.78, 5) is 11.9. The quantitative estimate of drug-likeness (QED) is 0.194. The summed E-state index contributed by atoms with van der Waals surface area (Å²) >= 11 is 0. The normalized spacial score (nSPS) is 18.7. The van der Waals surface area contributed by atoms with Gasteiger partial charge in [0.25, 0.3) is 0 Å². The highest BCUT2D eigenvalue weighted by molar-refractivity contribution is 5.68. The Labute approximate surface area is 213 Å². The summed E-state index contributed by atoms with van der Waals surface area (Å²) < 4.78 is 18.4. The molecule has 1 aliphatic rings. The number of carbonyl (C=O) groups excluding carboxylic acids is 1. The lowest BCUT2D eigenvalue weighted by Crippen LogP contribution is -2.43. The Bertz CT molecular complexity index is 643. The molecule has 0 aliphatic carbocycles. The lowest BCUT2D eigenvalue weighted by molar-refractivity contribution is -0.318. The van der Waals surface area contributed by atoms with Crippen LogP contribution in [0.3, 0.4) is 0 Å². The smallest absolute Gasteiger partial charge is 0.157 e. The van der Waals surface area contributed by atoms with Gasteiger partial charge in [0, 0.05) is 24.9 Å². The molecule has 1 heterocycles. The minimum Gasteiger partial charge on any atom is -0.550 e. The van der Waals surface area contributed by atoms with Crippen LogP contribution in [0.1, 0.15) is 116 Å². The Morgan fingerprint density at radius 3 is 2.29 bits per heavy atom. The van der Waals surface area contributed by atoms with E-state index in [1.54, 1.807) is 0 Å². The van der Waals surface area contributed by atoms with Crippen molar-refractivity contribution < 1.29 is 24.1 Å². The molecule has 1 fully saturated rings. The molecule has 0 spiro atoms. The SMILES string of the molecule is CCCCCCCCCCC[C@H](C[C@H](OC1CCCCO1)[C@H](CC)C(=O)[O-])OCc1ccccc1. The van der Waals surface area contributed by atoms with Gasteiger partial charge in [-0.25, -0.2) is 0 Å². The van der Waals surface area contributed by atoms with Crippen LogP contribution in [0.4, 0.5) is 0 Å². The van der Waals surface area contributed by atoms with Crippen LogP contribution in [-0.2, 0) is 25.6 Å². The van der Waals surface area contributed by atoms with E-state index in [0.29, 0.717) is 26.1 Å². The zero-order valence-corrected chi connectivity index (χ0v) is 22.3. The van der Waals surface area contributed by atoms with E-state index in [2.05, 4.69) is 19.1 Å². The largest absolute Gasteiger partial charge is 0.550 e. The van der Waals surface area contributed by atoms with Gasteiger partial charge in [0.2, 0.25) is 0 Å². The first-order chi connectivity index (χ1) is 17.1. The minimum absolute atomic E-state index is 0.0539. The van der Waals surface area contributed by atoms with Gasteiger partial charge in [0.1, 0.15) is 0 Å². The second kappa shape index (κ2) is 18.8. The number of ether oxygens (including phenoxy) is 3. The van der Waals surface area contributed by atoms with Gasteiger partial charge in [-0.3, -0.25) is 0 Å². The van der Waals surface area contributed by atoms with Crippen LogP contribution in [0.5, 0.6) is 0 Å². The molecule has 0 aromatic heterocycles. The van der Waals surface area contributed by atoms with Gasteiger partial charge in [-0.2, -0.15) is 0 Å². The molecule has 0 N–H and O–H groups in total. The standard InChI is InChI=1S/C30H50O5/c1-3-5-6-7-8-9-10-11-15-20-26(34-24-25-18-13-12-14-19-25)23-28(27(4-2)30(31)32)35-29-21-16-17-22-33-29/h12-14,18-19,26-29H,3-11,15-17,20-24H2,1-2H3,(H,31,32)/p-1/t26-,27+,28+,29?/m1/s1. The van der Waals surface area contributed by atoms with Crippen molar-refractivity contribution >= 4 is 5.97 Å². The van der Waals surface area contributed by atoms with Crippen LogP contribution in [0.25, 0.3) is 0 Å². The molecule has 0 saturated carbocycles. The number of hydrogen-bond acceptors (Lipinski definition) is 5. The third-order valence-corrected chi connectivity index (χ3v) is 7.11. The van der Waals surface area contributed by atoms with E-state index in [4.69, 9.17) is 14.2 Å².